The van der Waals surface area contributed by atoms with Crippen LogP contribution in [0.5, 0.6) is 0 Å². The van der Waals surface area contributed by atoms with E-state index in [1.807, 2.05) is 18.2 Å². The van der Waals surface area contributed by atoms with Crippen molar-refractivity contribution < 1.29 is 9.90 Å². The Morgan fingerprint density at radius 2 is 1.96 bits per heavy atom. The standard InChI is InChI=1S/C20H21ClN2O2/c1-3-18-22-20-16(21)5-4-6-17(20)23(18)15-10-8-14(9-11-15)13(2)7-12-19(24)25/h4-6,8-11,13H,3,7,12H2,1-2H3,(H,24,25). The zero-order chi connectivity index (χ0) is 18.0. The van der Waals surface area contributed by atoms with E-state index in [9.17, 15) is 4.79 Å². The van der Waals surface area contributed by atoms with Crippen LogP contribution in [0.15, 0.2) is 42.5 Å². The maximum atomic E-state index is 10.7. The maximum absolute atomic E-state index is 10.7. The number of rotatable bonds is 6. The molecule has 0 bridgehead atoms. The number of fused-ring (bicyclic) bond motifs is 1. The Morgan fingerprint density at radius 3 is 2.60 bits per heavy atom. The van der Waals surface area contributed by atoms with Crippen molar-refractivity contribution in [2.45, 2.75) is 39.0 Å². The van der Waals surface area contributed by atoms with Gasteiger partial charge in [0.05, 0.1) is 10.5 Å². The molecule has 130 valence electrons. The average molecular weight is 357 g/mol. The summed E-state index contributed by atoms with van der Waals surface area (Å²) in [5.74, 6) is 0.428. The second-order valence-corrected chi connectivity index (χ2v) is 6.66. The van der Waals surface area contributed by atoms with Gasteiger partial charge in [0.15, 0.2) is 0 Å². The van der Waals surface area contributed by atoms with Gasteiger partial charge >= 0.3 is 5.97 Å². The van der Waals surface area contributed by atoms with Gasteiger partial charge in [-0.2, -0.15) is 0 Å². The molecule has 0 aliphatic heterocycles. The van der Waals surface area contributed by atoms with Crippen molar-refractivity contribution in [2.75, 3.05) is 0 Å². The monoisotopic (exact) mass is 356 g/mol. The van der Waals surface area contributed by atoms with E-state index in [0.29, 0.717) is 11.4 Å². The van der Waals surface area contributed by atoms with Crippen LogP contribution < -0.4 is 0 Å². The molecule has 0 aliphatic carbocycles. The maximum Gasteiger partial charge on any atom is 0.303 e. The Morgan fingerprint density at radius 1 is 1.24 bits per heavy atom. The van der Waals surface area contributed by atoms with E-state index < -0.39 is 5.97 Å². The highest BCUT2D eigenvalue weighted by molar-refractivity contribution is 6.34. The molecule has 1 unspecified atom stereocenters. The van der Waals surface area contributed by atoms with Gasteiger partial charge in [-0.3, -0.25) is 9.36 Å². The molecule has 4 nitrogen and oxygen atoms in total. The fraction of sp³-hybridized carbons (Fsp3) is 0.300. The molecule has 25 heavy (non-hydrogen) atoms. The van der Waals surface area contributed by atoms with Gasteiger partial charge in [0, 0.05) is 18.5 Å². The lowest BCUT2D eigenvalue weighted by atomic mass is 9.96. The Bertz CT molecular complexity index is 900. The topological polar surface area (TPSA) is 55.1 Å². The number of hydrogen-bond donors (Lipinski definition) is 1. The Balaban J connectivity index is 1.96. The van der Waals surface area contributed by atoms with E-state index in [-0.39, 0.29) is 12.3 Å². The van der Waals surface area contributed by atoms with Crippen molar-refractivity contribution in [3.05, 3.63) is 58.9 Å². The third kappa shape index (κ3) is 3.54. The molecule has 1 N–H and O–H groups in total. The van der Waals surface area contributed by atoms with Crippen LogP contribution in [-0.2, 0) is 11.2 Å². The Kier molecular flexibility index (Phi) is 5.09. The third-order valence-corrected chi connectivity index (χ3v) is 4.84. The average Bonchev–Trinajstić information content (AvgIpc) is 3.00. The van der Waals surface area contributed by atoms with Crippen molar-refractivity contribution in [3.63, 3.8) is 0 Å². The molecule has 5 heteroatoms. The summed E-state index contributed by atoms with van der Waals surface area (Å²) in [5.41, 5.74) is 4.00. The zero-order valence-corrected chi connectivity index (χ0v) is 15.1. The molecular weight excluding hydrogens is 336 g/mol. The van der Waals surface area contributed by atoms with Gasteiger partial charge in [0.25, 0.3) is 0 Å². The highest BCUT2D eigenvalue weighted by atomic mass is 35.5. The van der Waals surface area contributed by atoms with Crippen LogP contribution in [0.25, 0.3) is 16.7 Å². The molecule has 1 atom stereocenters. The van der Waals surface area contributed by atoms with E-state index in [1.165, 1.54) is 0 Å². The summed E-state index contributed by atoms with van der Waals surface area (Å²) in [5, 5.41) is 9.50. The number of carbonyl (C=O) groups is 1. The van der Waals surface area contributed by atoms with Crippen molar-refractivity contribution in [3.8, 4) is 5.69 Å². The van der Waals surface area contributed by atoms with Gasteiger partial charge < -0.3 is 5.11 Å². The fourth-order valence-corrected chi connectivity index (χ4v) is 3.31. The highest BCUT2D eigenvalue weighted by Gasteiger charge is 2.14. The second kappa shape index (κ2) is 7.28. The van der Waals surface area contributed by atoms with Crippen LogP contribution >= 0.6 is 11.6 Å². The molecule has 0 radical (unpaired) electrons. The van der Waals surface area contributed by atoms with E-state index >= 15 is 0 Å². The van der Waals surface area contributed by atoms with Gasteiger partial charge in [-0.15, -0.1) is 0 Å². The molecule has 0 saturated carbocycles. The van der Waals surface area contributed by atoms with Crippen LogP contribution in [0.1, 0.15) is 44.0 Å². The summed E-state index contributed by atoms with van der Waals surface area (Å²) in [6, 6.07) is 14.1. The minimum Gasteiger partial charge on any atom is -0.481 e. The molecule has 3 aromatic rings. The number of para-hydroxylation sites is 1. The van der Waals surface area contributed by atoms with Crippen molar-refractivity contribution in [2.24, 2.45) is 0 Å². The predicted octanol–water partition coefficient (Wildman–Crippen LogP) is 5.21. The summed E-state index contributed by atoms with van der Waals surface area (Å²) in [6.45, 7) is 4.13. The molecule has 0 saturated heterocycles. The van der Waals surface area contributed by atoms with Crippen LogP contribution in [0.3, 0.4) is 0 Å². The zero-order valence-electron chi connectivity index (χ0n) is 14.4. The lowest BCUT2D eigenvalue weighted by Crippen LogP contribution is -2.02. The first kappa shape index (κ1) is 17.5. The van der Waals surface area contributed by atoms with E-state index in [1.54, 1.807) is 0 Å². The molecule has 0 fully saturated rings. The number of carboxylic acid groups (broad SMARTS) is 1. The van der Waals surface area contributed by atoms with E-state index in [0.717, 1.165) is 34.5 Å². The second-order valence-electron chi connectivity index (χ2n) is 6.25. The largest absolute Gasteiger partial charge is 0.481 e. The highest BCUT2D eigenvalue weighted by Crippen LogP contribution is 2.28. The van der Waals surface area contributed by atoms with Gasteiger partial charge in [-0.25, -0.2) is 4.98 Å². The normalized spacial score (nSPS) is 12.4. The number of halogens is 1. The summed E-state index contributed by atoms with van der Waals surface area (Å²) in [4.78, 5) is 15.4. The first-order chi connectivity index (χ1) is 12.0. The van der Waals surface area contributed by atoms with Crippen LogP contribution in [0.2, 0.25) is 5.02 Å². The number of carboxylic acids is 1. The Hall–Kier alpha value is -2.33. The molecule has 0 spiro atoms. The number of aryl methyl sites for hydroxylation is 1. The summed E-state index contributed by atoms with van der Waals surface area (Å²) >= 11 is 6.29. The summed E-state index contributed by atoms with van der Waals surface area (Å²) in [7, 11) is 0. The van der Waals surface area contributed by atoms with Gasteiger partial charge in [0.2, 0.25) is 0 Å². The quantitative estimate of drug-likeness (QED) is 0.659. The van der Waals surface area contributed by atoms with Crippen molar-refractivity contribution >= 4 is 28.6 Å². The predicted molar refractivity (Wildman–Crippen MR) is 101 cm³/mol. The lowest BCUT2D eigenvalue weighted by Gasteiger charge is -2.13. The van der Waals surface area contributed by atoms with Gasteiger partial charge in [-0.05, 0) is 42.2 Å². The first-order valence-corrected chi connectivity index (χ1v) is 8.87. The molecule has 2 aromatic carbocycles. The lowest BCUT2D eigenvalue weighted by molar-refractivity contribution is -0.137. The van der Waals surface area contributed by atoms with E-state index in [4.69, 9.17) is 16.7 Å². The number of hydrogen-bond acceptors (Lipinski definition) is 2. The Labute approximate surface area is 152 Å². The number of aromatic nitrogens is 2. The van der Waals surface area contributed by atoms with Gasteiger partial charge in [-0.1, -0.05) is 43.6 Å². The molecule has 0 amide bonds. The third-order valence-electron chi connectivity index (χ3n) is 4.53. The van der Waals surface area contributed by atoms with Crippen LogP contribution in [-0.4, -0.2) is 20.6 Å². The van der Waals surface area contributed by atoms with Crippen molar-refractivity contribution in [1.29, 1.82) is 0 Å². The van der Waals surface area contributed by atoms with Gasteiger partial charge in [0.1, 0.15) is 11.3 Å². The number of imidazole rings is 1. The minimum absolute atomic E-state index is 0.188. The SMILES string of the molecule is CCc1nc2c(Cl)cccc2n1-c1ccc(C(C)CCC(=O)O)cc1. The first-order valence-electron chi connectivity index (χ1n) is 8.49. The van der Waals surface area contributed by atoms with Crippen molar-refractivity contribution in [1.82, 2.24) is 9.55 Å². The van der Waals surface area contributed by atoms with Crippen LogP contribution in [0, 0.1) is 0 Å². The van der Waals surface area contributed by atoms with Crippen LogP contribution in [0.4, 0.5) is 0 Å². The number of benzene rings is 2. The number of aliphatic carboxylic acids is 1. The molecular formula is C20H21ClN2O2. The smallest absolute Gasteiger partial charge is 0.303 e. The summed E-state index contributed by atoms with van der Waals surface area (Å²) in [6.07, 6.45) is 1.63. The minimum atomic E-state index is -0.752. The molecule has 0 aliphatic rings. The fourth-order valence-electron chi connectivity index (χ4n) is 3.10. The molecule has 1 heterocycles. The molecule has 3 rings (SSSR count). The molecule has 1 aromatic heterocycles. The van der Waals surface area contributed by atoms with E-state index in [2.05, 4.69) is 47.7 Å². The summed E-state index contributed by atoms with van der Waals surface area (Å²) < 4.78 is 2.13. The number of nitrogens with zero attached hydrogens (tertiary/aromatic N) is 2.